The van der Waals surface area contributed by atoms with Gasteiger partial charge in [-0.2, -0.15) is 0 Å². The van der Waals surface area contributed by atoms with Gasteiger partial charge in [0.15, 0.2) is 0 Å². The van der Waals surface area contributed by atoms with Crippen molar-refractivity contribution in [1.29, 1.82) is 0 Å². The molecule has 0 fully saturated rings. The van der Waals surface area contributed by atoms with E-state index in [0.29, 0.717) is 20.0 Å². The van der Waals surface area contributed by atoms with Crippen LogP contribution in [-0.2, 0) is 22.7 Å². The summed E-state index contributed by atoms with van der Waals surface area (Å²) in [5.74, 6) is 0. The van der Waals surface area contributed by atoms with Crippen LogP contribution in [0.5, 0.6) is 0 Å². The standard InChI is InChI=1S/C9H12O2S/c1-6-8-3-10-5-11-4-9(8)7(2)12-6/h3-5H2,1-2H3. The first-order valence-corrected chi connectivity index (χ1v) is 4.84. The van der Waals surface area contributed by atoms with Crippen LogP contribution in [0.4, 0.5) is 0 Å². The first-order valence-electron chi connectivity index (χ1n) is 4.02. The smallest absolute Gasteiger partial charge is 0.147 e. The Morgan fingerprint density at radius 1 is 1.00 bits per heavy atom. The van der Waals surface area contributed by atoms with Gasteiger partial charge in [-0.25, -0.2) is 0 Å². The van der Waals surface area contributed by atoms with Gasteiger partial charge in [0.2, 0.25) is 0 Å². The van der Waals surface area contributed by atoms with E-state index in [2.05, 4.69) is 13.8 Å². The molecule has 1 aliphatic rings. The third-order valence-electron chi connectivity index (χ3n) is 2.18. The first-order chi connectivity index (χ1) is 5.79. The molecule has 66 valence electrons. The fourth-order valence-corrected chi connectivity index (χ4v) is 2.57. The second-order valence-electron chi connectivity index (χ2n) is 2.99. The van der Waals surface area contributed by atoms with Crippen LogP contribution in [-0.4, -0.2) is 6.79 Å². The summed E-state index contributed by atoms with van der Waals surface area (Å²) in [4.78, 5) is 2.74. The molecule has 0 atom stereocenters. The van der Waals surface area contributed by atoms with Gasteiger partial charge in [-0.1, -0.05) is 0 Å². The maximum atomic E-state index is 5.30. The second kappa shape index (κ2) is 3.17. The number of fused-ring (bicyclic) bond motifs is 1. The van der Waals surface area contributed by atoms with Gasteiger partial charge in [0.05, 0.1) is 13.2 Å². The zero-order chi connectivity index (χ0) is 8.55. The van der Waals surface area contributed by atoms with Crippen molar-refractivity contribution >= 4 is 11.3 Å². The van der Waals surface area contributed by atoms with E-state index in [1.807, 2.05) is 11.3 Å². The minimum Gasteiger partial charge on any atom is -0.351 e. The van der Waals surface area contributed by atoms with E-state index >= 15 is 0 Å². The number of aryl methyl sites for hydroxylation is 2. The van der Waals surface area contributed by atoms with Crippen molar-refractivity contribution in [1.82, 2.24) is 0 Å². The van der Waals surface area contributed by atoms with Gasteiger partial charge >= 0.3 is 0 Å². The van der Waals surface area contributed by atoms with Gasteiger partial charge in [-0.05, 0) is 25.0 Å². The highest BCUT2D eigenvalue weighted by Crippen LogP contribution is 2.29. The van der Waals surface area contributed by atoms with Crippen molar-refractivity contribution in [2.75, 3.05) is 6.79 Å². The van der Waals surface area contributed by atoms with Crippen molar-refractivity contribution < 1.29 is 9.47 Å². The van der Waals surface area contributed by atoms with E-state index in [1.54, 1.807) is 0 Å². The molecular formula is C9H12O2S. The maximum Gasteiger partial charge on any atom is 0.147 e. The van der Waals surface area contributed by atoms with Crippen LogP contribution in [0, 0.1) is 13.8 Å². The normalized spacial score (nSPS) is 17.2. The zero-order valence-corrected chi connectivity index (χ0v) is 8.16. The van der Waals surface area contributed by atoms with E-state index in [9.17, 15) is 0 Å². The molecule has 1 aliphatic heterocycles. The highest BCUT2D eigenvalue weighted by atomic mass is 32.1. The first kappa shape index (κ1) is 8.23. The second-order valence-corrected chi connectivity index (χ2v) is 4.42. The fraction of sp³-hybridized carbons (Fsp3) is 0.556. The Hall–Kier alpha value is -0.380. The Labute approximate surface area is 76.1 Å². The highest BCUT2D eigenvalue weighted by Gasteiger charge is 2.15. The van der Waals surface area contributed by atoms with Crippen LogP contribution in [0.15, 0.2) is 0 Å². The summed E-state index contributed by atoms with van der Waals surface area (Å²) < 4.78 is 10.6. The molecule has 2 heterocycles. The quantitative estimate of drug-likeness (QED) is 0.616. The number of rotatable bonds is 0. The Morgan fingerprint density at radius 3 is 2.00 bits per heavy atom. The average molecular weight is 184 g/mol. The monoisotopic (exact) mass is 184 g/mol. The third-order valence-corrected chi connectivity index (χ3v) is 3.29. The van der Waals surface area contributed by atoms with E-state index in [-0.39, 0.29) is 0 Å². The minimum absolute atomic E-state index is 0.429. The summed E-state index contributed by atoms with van der Waals surface area (Å²) in [6.07, 6.45) is 0. The molecule has 0 spiro atoms. The summed E-state index contributed by atoms with van der Waals surface area (Å²) in [7, 11) is 0. The highest BCUT2D eigenvalue weighted by molar-refractivity contribution is 7.12. The molecule has 1 aromatic heterocycles. The minimum atomic E-state index is 0.429. The molecule has 0 aromatic carbocycles. The number of thiophene rings is 1. The summed E-state index contributed by atoms with van der Waals surface area (Å²) in [6, 6.07) is 0. The fourth-order valence-electron chi connectivity index (χ4n) is 1.50. The topological polar surface area (TPSA) is 18.5 Å². The molecule has 0 saturated carbocycles. The molecule has 3 heteroatoms. The maximum absolute atomic E-state index is 5.30. The lowest BCUT2D eigenvalue weighted by molar-refractivity contribution is -0.0588. The van der Waals surface area contributed by atoms with Crippen LogP contribution in [0.1, 0.15) is 20.9 Å². The molecule has 0 N–H and O–H groups in total. The lowest BCUT2D eigenvalue weighted by atomic mass is 10.1. The van der Waals surface area contributed by atoms with Crippen molar-refractivity contribution in [3.63, 3.8) is 0 Å². The van der Waals surface area contributed by atoms with E-state index in [1.165, 1.54) is 20.9 Å². The molecule has 0 unspecified atom stereocenters. The summed E-state index contributed by atoms with van der Waals surface area (Å²) in [6.45, 7) is 6.14. The number of hydrogen-bond acceptors (Lipinski definition) is 3. The van der Waals surface area contributed by atoms with Crippen LogP contribution in [0.2, 0.25) is 0 Å². The Morgan fingerprint density at radius 2 is 1.50 bits per heavy atom. The van der Waals surface area contributed by atoms with Crippen molar-refractivity contribution in [3.05, 3.63) is 20.9 Å². The molecule has 0 aliphatic carbocycles. The van der Waals surface area contributed by atoms with Gasteiger partial charge in [-0.3, -0.25) is 0 Å². The lowest BCUT2D eigenvalue weighted by Crippen LogP contribution is -1.93. The van der Waals surface area contributed by atoms with Crippen LogP contribution in [0.3, 0.4) is 0 Å². The predicted molar refractivity (Wildman–Crippen MR) is 48.2 cm³/mol. The van der Waals surface area contributed by atoms with Gasteiger partial charge in [0.25, 0.3) is 0 Å². The SMILES string of the molecule is Cc1sc(C)c2c1COCOC2. The summed E-state index contributed by atoms with van der Waals surface area (Å²) in [5.41, 5.74) is 2.69. The number of ether oxygens (including phenoxy) is 2. The van der Waals surface area contributed by atoms with E-state index in [0.717, 1.165) is 0 Å². The molecule has 0 amide bonds. The predicted octanol–water partition coefficient (Wildman–Crippen LogP) is 2.37. The molecule has 2 rings (SSSR count). The molecular weight excluding hydrogens is 172 g/mol. The van der Waals surface area contributed by atoms with E-state index in [4.69, 9.17) is 9.47 Å². The van der Waals surface area contributed by atoms with Crippen LogP contribution in [0.25, 0.3) is 0 Å². The van der Waals surface area contributed by atoms with Gasteiger partial charge in [0, 0.05) is 9.75 Å². The Balaban J connectivity index is 2.44. The summed E-state index contributed by atoms with van der Waals surface area (Å²) >= 11 is 1.83. The van der Waals surface area contributed by atoms with Gasteiger partial charge in [0.1, 0.15) is 6.79 Å². The van der Waals surface area contributed by atoms with E-state index < -0.39 is 0 Å². The molecule has 2 nitrogen and oxygen atoms in total. The van der Waals surface area contributed by atoms with Crippen LogP contribution >= 0.6 is 11.3 Å². The van der Waals surface area contributed by atoms with Crippen molar-refractivity contribution in [2.45, 2.75) is 27.1 Å². The zero-order valence-electron chi connectivity index (χ0n) is 7.35. The molecule has 0 saturated heterocycles. The lowest BCUT2D eigenvalue weighted by Gasteiger charge is -1.97. The largest absolute Gasteiger partial charge is 0.351 e. The third kappa shape index (κ3) is 1.28. The Bertz CT molecular complexity index is 264. The van der Waals surface area contributed by atoms with Crippen molar-refractivity contribution in [2.24, 2.45) is 0 Å². The molecule has 12 heavy (non-hydrogen) atoms. The number of hydrogen-bond donors (Lipinski definition) is 0. The Kier molecular flexibility index (Phi) is 2.17. The molecule has 1 aromatic rings. The average Bonchev–Trinajstić information content (AvgIpc) is 2.29. The van der Waals surface area contributed by atoms with Crippen molar-refractivity contribution in [3.8, 4) is 0 Å². The van der Waals surface area contributed by atoms with Crippen LogP contribution < -0.4 is 0 Å². The van der Waals surface area contributed by atoms with Gasteiger partial charge in [-0.15, -0.1) is 11.3 Å². The van der Waals surface area contributed by atoms with Gasteiger partial charge < -0.3 is 9.47 Å². The molecule has 0 radical (unpaired) electrons. The molecule has 0 bridgehead atoms. The summed E-state index contributed by atoms with van der Waals surface area (Å²) in [5, 5.41) is 0.